The van der Waals surface area contributed by atoms with E-state index in [-0.39, 0.29) is 0 Å². The van der Waals surface area contributed by atoms with E-state index in [0.717, 1.165) is 34.2 Å². The molecular weight excluding hydrogens is 176 g/mol. The van der Waals surface area contributed by atoms with Gasteiger partial charge in [-0.2, -0.15) is 11.8 Å². The number of hydrogen-bond donors (Lipinski definition) is 0. The molecule has 0 radical (unpaired) electrons. The first-order valence-corrected chi connectivity index (χ1v) is 6.85. The monoisotopic (exact) mass is 196 g/mol. The summed E-state index contributed by atoms with van der Waals surface area (Å²) in [7, 11) is 0. The van der Waals surface area contributed by atoms with Gasteiger partial charge in [-0.05, 0) is 49.4 Å². The molecule has 5 unspecified atom stereocenters. The Kier molecular flexibility index (Phi) is 1.94. The summed E-state index contributed by atoms with van der Waals surface area (Å²) in [5.74, 6) is 4.24. The lowest BCUT2D eigenvalue weighted by Gasteiger charge is -2.23. The van der Waals surface area contributed by atoms with Gasteiger partial charge in [0.2, 0.25) is 0 Å². The number of thioether (sulfide) groups is 1. The summed E-state index contributed by atoms with van der Waals surface area (Å²) in [6.07, 6.45) is 6.14. The van der Waals surface area contributed by atoms with Gasteiger partial charge in [0.25, 0.3) is 0 Å². The molecule has 0 aromatic carbocycles. The Bertz CT molecular complexity index is 213. The van der Waals surface area contributed by atoms with Crippen molar-refractivity contribution in [3.05, 3.63) is 0 Å². The first-order chi connectivity index (χ1) is 6.25. The van der Waals surface area contributed by atoms with Gasteiger partial charge in [-0.1, -0.05) is 13.8 Å². The summed E-state index contributed by atoms with van der Waals surface area (Å²) >= 11 is 2.36. The van der Waals surface area contributed by atoms with Crippen LogP contribution in [0, 0.1) is 23.7 Å². The minimum atomic E-state index is 1.01. The first-order valence-electron chi connectivity index (χ1n) is 5.91. The van der Waals surface area contributed by atoms with Crippen LogP contribution in [-0.2, 0) is 0 Å². The van der Waals surface area contributed by atoms with Crippen LogP contribution >= 0.6 is 11.8 Å². The Hall–Kier alpha value is 0.350. The van der Waals surface area contributed by atoms with E-state index in [1.165, 1.54) is 12.8 Å². The molecule has 1 heteroatoms. The van der Waals surface area contributed by atoms with Crippen LogP contribution in [0.15, 0.2) is 0 Å². The van der Waals surface area contributed by atoms with Crippen LogP contribution < -0.4 is 0 Å². The minimum Gasteiger partial charge on any atom is -0.154 e. The van der Waals surface area contributed by atoms with Gasteiger partial charge in [-0.25, -0.2) is 0 Å². The van der Waals surface area contributed by atoms with E-state index in [9.17, 15) is 0 Å². The summed E-state index contributed by atoms with van der Waals surface area (Å²) in [5, 5.41) is 2.10. The second-order valence-electron chi connectivity index (χ2n) is 5.58. The minimum absolute atomic E-state index is 1.01. The van der Waals surface area contributed by atoms with E-state index >= 15 is 0 Å². The van der Waals surface area contributed by atoms with Gasteiger partial charge < -0.3 is 0 Å². The Morgan fingerprint density at radius 1 is 1.08 bits per heavy atom. The van der Waals surface area contributed by atoms with Crippen molar-refractivity contribution >= 4 is 11.8 Å². The van der Waals surface area contributed by atoms with Gasteiger partial charge in [0.15, 0.2) is 0 Å². The highest BCUT2D eigenvalue weighted by Gasteiger charge is 2.50. The lowest BCUT2D eigenvalue weighted by molar-refractivity contribution is 0.301. The molecule has 1 saturated carbocycles. The second kappa shape index (κ2) is 2.92. The topological polar surface area (TPSA) is 0 Å². The molecule has 0 amide bonds. The van der Waals surface area contributed by atoms with E-state index in [0.29, 0.717) is 0 Å². The molecule has 2 bridgehead atoms. The van der Waals surface area contributed by atoms with Crippen molar-refractivity contribution in [1.82, 2.24) is 0 Å². The molecule has 0 aromatic heterocycles. The molecule has 0 aromatic rings. The average molecular weight is 196 g/mol. The molecule has 2 heterocycles. The second-order valence-corrected chi connectivity index (χ2v) is 7.00. The van der Waals surface area contributed by atoms with Crippen LogP contribution in [0.25, 0.3) is 0 Å². The predicted molar refractivity (Wildman–Crippen MR) is 58.9 cm³/mol. The zero-order valence-corrected chi connectivity index (χ0v) is 9.52. The highest BCUT2D eigenvalue weighted by Crippen LogP contribution is 2.58. The number of fused-ring (bicyclic) bond motifs is 1. The van der Waals surface area contributed by atoms with Crippen LogP contribution in [0.3, 0.4) is 0 Å². The normalized spacial score (nSPS) is 59.5. The number of hydrogen-bond acceptors (Lipinski definition) is 1. The van der Waals surface area contributed by atoms with Crippen molar-refractivity contribution in [1.29, 1.82) is 0 Å². The van der Waals surface area contributed by atoms with Gasteiger partial charge >= 0.3 is 0 Å². The number of rotatable bonds is 0. The summed E-state index contributed by atoms with van der Waals surface area (Å²) in [6.45, 7) is 4.99. The maximum Gasteiger partial charge on any atom is 0.0109 e. The fourth-order valence-electron chi connectivity index (χ4n) is 3.99. The molecule has 0 nitrogen and oxygen atoms in total. The van der Waals surface area contributed by atoms with E-state index in [1.807, 2.05) is 0 Å². The molecular formula is C12H20S. The van der Waals surface area contributed by atoms with Crippen LogP contribution in [0.5, 0.6) is 0 Å². The molecule has 3 fully saturated rings. The molecule has 2 saturated heterocycles. The smallest absolute Gasteiger partial charge is 0.0109 e. The van der Waals surface area contributed by atoms with E-state index < -0.39 is 0 Å². The Balaban J connectivity index is 1.91. The summed E-state index contributed by atoms with van der Waals surface area (Å²) < 4.78 is 0. The third-order valence-electron chi connectivity index (χ3n) is 4.69. The van der Waals surface area contributed by atoms with Crippen LogP contribution in [0.1, 0.15) is 39.5 Å². The zero-order valence-electron chi connectivity index (χ0n) is 8.70. The van der Waals surface area contributed by atoms with Crippen molar-refractivity contribution < 1.29 is 0 Å². The highest BCUT2D eigenvalue weighted by atomic mass is 32.2. The lowest BCUT2D eigenvalue weighted by atomic mass is 9.80. The van der Waals surface area contributed by atoms with Crippen molar-refractivity contribution in [3.63, 3.8) is 0 Å². The SMILES string of the molecule is CC1CC2SC3C(CC[C@H]3C1)C2C. The van der Waals surface area contributed by atoms with Gasteiger partial charge in [0, 0.05) is 10.5 Å². The molecule has 3 rings (SSSR count). The van der Waals surface area contributed by atoms with Gasteiger partial charge in [0.05, 0.1) is 0 Å². The highest BCUT2D eigenvalue weighted by molar-refractivity contribution is 8.00. The van der Waals surface area contributed by atoms with Crippen molar-refractivity contribution in [2.24, 2.45) is 23.7 Å². The Morgan fingerprint density at radius 3 is 2.77 bits per heavy atom. The first kappa shape index (κ1) is 8.64. The molecule has 13 heavy (non-hydrogen) atoms. The van der Waals surface area contributed by atoms with Crippen molar-refractivity contribution in [3.8, 4) is 0 Å². The van der Waals surface area contributed by atoms with Gasteiger partial charge in [-0.3, -0.25) is 0 Å². The van der Waals surface area contributed by atoms with E-state index in [2.05, 4.69) is 25.6 Å². The third kappa shape index (κ3) is 1.19. The van der Waals surface area contributed by atoms with Crippen molar-refractivity contribution in [2.75, 3.05) is 0 Å². The molecule has 0 N–H and O–H groups in total. The summed E-state index contributed by atoms with van der Waals surface area (Å²) in [5.41, 5.74) is 0. The van der Waals surface area contributed by atoms with Gasteiger partial charge in [0.1, 0.15) is 0 Å². The standard InChI is InChI=1S/C12H20S/c1-7-5-9-3-4-10-8(2)11(6-7)13-12(9)10/h7-12H,3-6H2,1-2H3/t7?,8?,9-,10?,11?,12?/m0/s1. The predicted octanol–water partition coefficient (Wildman–Crippen LogP) is 3.56. The fraction of sp³-hybridized carbons (Fsp3) is 1.00. The molecule has 1 aliphatic carbocycles. The largest absolute Gasteiger partial charge is 0.154 e. The molecule has 74 valence electrons. The average Bonchev–Trinajstić information content (AvgIpc) is 2.54. The summed E-state index contributed by atoms with van der Waals surface area (Å²) in [6, 6.07) is 0. The molecule has 6 atom stereocenters. The van der Waals surface area contributed by atoms with Crippen LogP contribution in [0.4, 0.5) is 0 Å². The zero-order chi connectivity index (χ0) is 9.00. The van der Waals surface area contributed by atoms with E-state index in [1.54, 1.807) is 12.8 Å². The fourth-order valence-corrected chi connectivity index (χ4v) is 6.34. The maximum atomic E-state index is 2.52. The Morgan fingerprint density at radius 2 is 1.92 bits per heavy atom. The third-order valence-corrected chi connectivity index (χ3v) is 6.71. The van der Waals surface area contributed by atoms with Crippen LogP contribution in [-0.4, -0.2) is 10.5 Å². The van der Waals surface area contributed by atoms with E-state index in [4.69, 9.17) is 0 Å². The Labute approximate surface area is 85.9 Å². The maximum absolute atomic E-state index is 2.52. The lowest BCUT2D eigenvalue weighted by Crippen LogP contribution is -2.22. The molecule has 2 aliphatic heterocycles. The van der Waals surface area contributed by atoms with Crippen LogP contribution in [0.2, 0.25) is 0 Å². The molecule has 0 spiro atoms. The van der Waals surface area contributed by atoms with Crippen molar-refractivity contribution in [2.45, 2.75) is 50.0 Å². The summed E-state index contributed by atoms with van der Waals surface area (Å²) in [4.78, 5) is 0. The molecule has 3 aliphatic rings. The van der Waals surface area contributed by atoms with Gasteiger partial charge in [-0.15, -0.1) is 0 Å². The quantitative estimate of drug-likeness (QED) is 0.571.